The molecule has 3 aromatic rings. The van der Waals surface area contributed by atoms with E-state index in [1.165, 1.54) is 27.0 Å². The Morgan fingerprint density at radius 1 is 1.21 bits per heavy atom. The number of hydrogen-bond acceptors (Lipinski definition) is 7. The lowest BCUT2D eigenvalue weighted by atomic mass is 10.2. The second kappa shape index (κ2) is 6.69. The molecule has 1 aliphatic heterocycles. The first-order valence-electron chi connectivity index (χ1n) is 8.66. The van der Waals surface area contributed by atoms with Gasteiger partial charge in [-0.25, -0.2) is 17.9 Å². The lowest BCUT2D eigenvalue weighted by Crippen LogP contribution is -2.40. The molecule has 0 amide bonds. The minimum absolute atomic E-state index is 0.00322. The molecule has 2 aromatic heterocycles. The summed E-state index contributed by atoms with van der Waals surface area (Å²) in [7, 11) is -3.76. The number of aromatic amines is 1. The molecule has 0 unspecified atom stereocenters. The standard InChI is InChI=1S/C17H19N5O5S/c1-10-15-17(24)19-16(20-22(15)11(2)18-10)13-9-12(3-4-14(13)23)28(25,26)21-5-7-27-8-6-21/h3-4,9,23H,5-8H2,1-2H3,(H,19,20,24). The zero-order valence-electron chi connectivity index (χ0n) is 15.3. The van der Waals surface area contributed by atoms with Crippen LogP contribution in [0.5, 0.6) is 5.75 Å². The highest BCUT2D eigenvalue weighted by Crippen LogP contribution is 2.30. The molecule has 0 atom stereocenters. The molecule has 0 radical (unpaired) electrons. The van der Waals surface area contributed by atoms with Crippen molar-refractivity contribution in [1.29, 1.82) is 0 Å². The van der Waals surface area contributed by atoms with E-state index < -0.39 is 15.6 Å². The molecule has 3 heterocycles. The van der Waals surface area contributed by atoms with E-state index in [2.05, 4.69) is 15.1 Å². The molecule has 0 saturated carbocycles. The molecule has 11 heteroatoms. The second-order valence-electron chi connectivity index (χ2n) is 6.50. The van der Waals surface area contributed by atoms with Crippen LogP contribution < -0.4 is 5.56 Å². The van der Waals surface area contributed by atoms with Gasteiger partial charge in [0.1, 0.15) is 11.6 Å². The number of aromatic hydroxyl groups is 1. The minimum atomic E-state index is -3.76. The number of sulfonamides is 1. The first kappa shape index (κ1) is 18.6. The number of hydrogen-bond donors (Lipinski definition) is 2. The number of aromatic nitrogens is 4. The summed E-state index contributed by atoms with van der Waals surface area (Å²) in [5.41, 5.74) is 0.520. The number of morpholine rings is 1. The Hall–Kier alpha value is -2.76. The van der Waals surface area contributed by atoms with Crippen molar-refractivity contribution < 1.29 is 18.3 Å². The average molecular weight is 405 g/mol. The number of H-pyrrole nitrogens is 1. The summed E-state index contributed by atoms with van der Waals surface area (Å²) >= 11 is 0. The molecule has 1 aromatic carbocycles. The topological polar surface area (TPSA) is 130 Å². The van der Waals surface area contributed by atoms with Gasteiger partial charge in [0, 0.05) is 13.1 Å². The maximum absolute atomic E-state index is 12.9. The number of nitrogens with zero attached hydrogens (tertiary/aromatic N) is 4. The molecule has 148 valence electrons. The summed E-state index contributed by atoms with van der Waals surface area (Å²) in [6.45, 7) is 4.57. The van der Waals surface area contributed by atoms with Gasteiger partial charge in [0.05, 0.1) is 29.4 Å². The minimum Gasteiger partial charge on any atom is -0.507 e. The van der Waals surface area contributed by atoms with Crippen LogP contribution in [0.15, 0.2) is 27.9 Å². The molecule has 1 fully saturated rings. The first-order valence-corrected chi connectivity index (χ1v) is 10.1. The number of ether oxygens (including phenoxy) is 1. The lowest BCUT2D eigenvalue weighted by Gasteiger charge is -2.26. The highest BCUT2D eigenvalue weighted by Gasteiger charge is 2.27. The van der Waals surface area contributed by atoms with E-state index in [9.17, 15) is 18.3 Å². The van der Waals surface area contributed by atoms with Crippen LogP contribution in [0, 0.1) is 13.8 Å². The van der Waals surface area contributed by atoms with E-state index in [0.717, 1.165) is 0 Å². The Morgan fingerprint density at radius 3 is 2.64 bits per heavy atom. The zero-order chi connectivity index (χ0) is 20.1. The van der Waals surface area contributed by atoms with Crippen LogP contribution in [0.25, 0.3) is 16.9 Å². The maximum atomic E-state index is 12.9. The van der Waals surface area contributed by atoms with Gasteiger partial charge in [0.2, 0.25) is 10.0 Å². The van der Waals surface area contributed by atoms with Crippen LogP contribution in [0.1, 0.15) is 11.5 Å². The monoisotopic (exact) mass is 405 g/mol. The SMILES string of the molecule is Cc1nc(C)n2nc(-c3cc(S(=O)(=O)N4CCOCC4)ccc3O)[nH]c(=O)c12. The summed E-state index contributed by atoms with van der Waals surface area (Å²) in [5, 5.41) is 14.6. The number of benzene rings is 1. The number of nitrogens with one attached hydrogen (secondary N) is 1. The average Bonchev–Trinajstić information content (AvgIpc) is 2.97. The van der Waals surface area contributed by atoms with Gasteiger partial charge in [-0.1, -0.05) is 0 Å². The van der Waals surface area contributed by atoms with E-state index in [0.29, 0.717) is 30.2 Å². The van der Waals surface area contributed by atoms with E-state index in [1.54, 1.807) is 13.8 Å². The van der Waals surface area contributed by atoms with Crippen LogP contribution in [0.3, 0.4) is 0 Å². The van der Waals surface area contributed by atoms with Gasteiger partial charge in [0.15, 0.2) is 11.3 Å². The Balaban J connectivity index is 1.85. The van der Waals surface area contributed by atoms with E-state index in [-0.39, 0.29) is 35.1 Å². The Labute approximate surface area is 160 Å². The van der Waals surface area contributed by atoms with Crippen molar-refractivity contribution in [2.75, 3.05) is 26.3 Å². The van der Waals surface area contributed by atoms with Crippen molar-refractivity contribution in [3.8, 4) is 17.1 Å². The van der Waals surface area contributed by atoms with Gasteiger partial charge in [0.25, 0.3) is 5.56 Å². The molecule has 4 rings (SSSR count). The molecule has 1 saturated heterocycles. The van der Waals surface area contributed by atoms with E-state index in [4.69, 9.17) is 4.74 Å². The number of phenolic OH excluding ortho intramolecular Hbond substituents is 1. The fraction of sp³-hybridized carbons (Fsp3) is 0.353. The van der Waals surface area contributed by atoms with Crippen LogP contribution in [-0.4, -0.2) is 63.7 Å². The summed E-state index contributed by atoms with van der Waals surface area (Å²) < 4.78 is 33.7. The quantitative estimate of drug-likeness (QED) is 0.646. The van der Waals surface area contributed by atoms with Gasteiger partial charge in [-0.3, -0.25) is 4.79 Å². The lowest BCUT2D eigenvalue weighted by molar-refractivity contribution is 0.0730. The smallest absolute Gasteiger partial charge is 0.277 e. The van der Waals surface area contributed by atoms with Gasteiger partial charge in [-0.2, -0.15) is 4.31 Å². The van der Waals surface area contributed by atoms with Crippen LogP contribution in [0.4, 0.5) is 0 Å². The van der Waals surface area contributed by atoms with Crippen molar-refractivity contribution in [1.82, 2.24) is 23.9 Å². The Kier molecular flexibility index (Phi) is 4.44. The molecule has 28 heavy (non-hydrogen) atoms. The first-order chi connectivity index (χ1) is 13.3. The van der Waals surface area contributed by atoms with Crippen LogP contribution >= 0.6 is 0 Å². The van der Waals surface area contributed by atoms with Gasteiger partial charge in [-0.15, -0.1) is 5.10 Å². The molecule has 10 nitrogen and oxygen atoms in total. The number of aryl methyl sites for hydroxylation is 2. The summed E-state index contributed by atoms with van der Waals surface area (Å²) in [5.74, 6) is 0.365. The van der Waals surface area contributed by atoms with Crippen molar-refractivity contribution in [2.24, 2.45) is 0 Å². The van der Waals surface area contributed by atoms with Crippen molar-refractivity contribution in [2.45, 2.75) is 18.7 Å². The Bertz CT molecular complexity index is 1220. The third-order valence-electron chi connectivity index (χ3n) is 4.67. The molecule has 1 aliphatic rings. The van der Waals surface area contributed by atoms with Crippen molar-refractivity contribution >= 4 is 15.5 Å². The number of rotatable bonds is 3. The fourth-order valence-corrected chi connectivity index (χ4v) is 4.69. The zero-order valence-corrected chi connectivity index (χ0v) is 16.2. The Morgan fingerprint density at radius 2 is 1.93 bits per heavy atom. The van der Waals surface area contributed by atoms with Crippen molar-refractivity contribution in [3.63, 3.8) is 0 Å². The van der Waals surface area contributed by atoms with Crippen LogP contribution in [-0.2, 0) is 14.8 Å². The molecule has 0 bridgehead atoms. The highest BCUT2D eigenvalue weighted by molar-refractivity contribution is 7.89. The second-order valence-corrected chi connectivity index (χ2v) is 8.44. The maximum Gasteiger partial charge on any atom is 0.277 e. The van der Waals surface area contributed by atoms with Crippen molar-refractivity contribution in [3.05, 3.63) is 40.1 Å². The summed E-state index contributed by atoms with van der Waals surface area (Å²) in [6.07, 6.45) is 0. The number of phenols is 1. The predicted molar refractivity (Wildman–Crippen MR) is 99.8 cm³/mol. The summed E-state index contributed by atoms with van der Waals surface area (Å²) in [6, 6.07) is 3.91. The third kappa shape index (κ3) is 2.97. The van der Waals surface area contributed by atoms with Gasteiger partial charge >= 0.3 is 0 Å². The van der Waals surface area contributed by atoms with Gasteiger partial charge < -0.3 is 14.8 Å². The highest BCUT2D eigenvalue weighted by atomic mass is 32.2. The molecule has 0 aliphatic carbocycles. The fourth-order valence-electron chi connectivity index (χ4n) is 3.26. The summed E-state index contributed by atoms with van der Waals surface area (Å²) in [4.78, 5) is 19.3. The molecule has 0 spiro atoms. The number of fused-ring (bicyclic) bond motifs is 1. The molecule has 2 N–H and O–H groups in total. The third-order valence-corrected chi connectivity index (χ3v) is 6.56. The normalized spacial score (nSPS) is 15.9. The molecular weight excluding hydrogens is 386 g/mol. The van der Waals surface area contributed by atoms with Crippen LogP contribution in [0.2, 0.25) is 0 Å². The molecular formula is C17H19N5O5S. The van der Waals surface area contributed by atoms with Gasteiger partial charge in [-0.05, 0) is 32.0 Å². The largest absolute Gasteiger partial charge is 0.507 e. The number of imidazole rings is 1. The van der Waals surface area contributed by atoms with E-state index >= 15 is 0 Å². The van der Waals surface area contributed by atoms with E-state index in [1.807, 2.05) is 0 Å². The predicted octanol–water partition coefficient (Wildman–Crippen LogP) is 0.428.